The monoisotopic (exact) mass is 451 g/mol. The summed E-state index contributed by atoms with van der Waals surface area (Å²) < 4.78 is 13.1. The highest BCUT2D eigenvalue weighted by atomic mass is 16.5. The molecule has 0 spiro atoms. The number of fused-ring (bicyclic) bond motifs is 4. The van der Waals surface area contributed by atoms with Gasteiger partial charge in [-0.2, -0.15) is 9.97 Å². The molecule has 1 saturated carbocycles. The van der Waals surface area contributed by atoms with E-state index in [1.54, 1.807) is 7.05 Å². The Kier molecular flexibility index (Phi) is 4.95. The summed E-state index contributed by atoms with van der Waals surface area (Å²) >= 11 is 0. The average molecular weight is 451 g/mol. The summed E-state index contributed by atoms with van der Waals surface area (Å²) in [6.07, 6.45) is 3.20. The van der Waals surface area contributed by atoms with Crippen molar-refractivity contribution in [2.45, 2.75) is 31.6 Å². The van der Waals surface area contributed by atoms with E-state index in [2.05, 4.69) is 35.8 Å². The number of imidazole rings is 1. The number of aromatic nitrogens is 5. The number of hydrogen-bond donors (Lipinski definition) is 3. The van der Waals surface area contributed by atoms with Gasteiger partial charge in [-0.05, 0) is 30.5 Å². The van der Waals surface area contributed by atoms with Gasteiger partial charge in [0.25, 0.3) is 0 Å². The lowest BCUT2D eigenvalue weighted by Gasteiger charge is -2.37. The first-order valence-electron chi connectivity index (χ1n) is 11.1. The fraction of sp³-hybridized carbons (Fsp3) is 0.476. The Bertz CT molecular complexity index is 1210. The van der Waals surface area contributed by atoms with Crippen molar-refractivity contribution >= 4 is 40.6 Å². The van der Waals surface area contributed by atoms with Crippen molar-refractivity contribution in [2.75, 3.05) is 48.9 Å². The van der Waals surface area contributed by atoms with Gasteiger partial charge in [-0.15, -0.1) is 0 Å². The minimum Gasteiger partial charge on any atom is -0.378 e. The zero-order valence-corrected chi connectivity index (χ0v) is 18.2. The molecule has 3 N–H and O–H groups in total. The third kappa shape index (κ3) is 3.70. The lowest BCUT2D eigenvalue weighted by molar-refractivity contribution is -0.0323. The molecule has 6 rings (SSSR count). The number of rotatable bonds is 2. The second kappa shape index (κ2) is 8.12. The number of carbonyl (C=O) groups excluding carboxylic acids is 1. The summed E-state index contributed by atoms with van der Waals surface area (Å²) in [4.78, 5) is 33.5. The van der Waals surface area contributed by atoms with Gasteiger partial charge in [0, 0.05) is 20.1 Å². The molecule has 3 aromatic heterocycles. The zero-order chi connectivity index (χ0) is 22.4. The van der Waals surface area contributed by atoms with Crippen LogP contribution < -0.4 is 20.9 Å². The molecule has 1 saturated heterocycles. The van der Waals surface area contributed by atoms with Gasteiger partial charge in [0.15, 0.2) is 17.0 Å². The lowest BCUT2D eigenvalue weighted by atomic mass is 9.89. The molecule has 1 amide bonds. The SMILES string of the molecule is CNc1nc2nc3c1ncn3C(=O)N[C@@H]1CC[C@H]1OCc1cc(nc(N3CCOCC3)c1)N2. The number of nitrogens with zero attached hydrogens (tertiary/aromatic N) is 6. The number of morpholine rings is 1. The minimum absolute atomic E-state index is 0.0406. The standard InChI is InChI=1S/C21H25N9O3/c1-22-18-17-19-28-20(27-18)26-15-8-12(9-16(25-15)29-4-6-32-7-5-29)10-33-14-3-2-13(14)24-21(31)30(19)11-23-17/h8-9,11,13-14H,2-7,10H2,1H3,(H,24,31)(H2,22,25,26,27,28)/t13-,14-/m1/s1. The van der Waals surface area contributed by atoms with Crippen molar-refractivity contribution in [3.63, 3.8) is 0 Å². The van der Waals surface area contributed by atoms with Crippen LogP contribution in [0.4, 0.5) is 28.2 Å². The number of carbonyl (C=O) groups is 1. The zero-order valence-electron chi connectivity index (χ0n) is 18.2. The van der Waals surface area contributed by atoms with E-state index in [4.69, 9.17) is 14.5 Å². The first-order valence-corrected chi connectivity index (χ1v) is 11.1. The van der Waals surface area contributed by atoms with Gasteiger partial charge < -0.3 is 30.3 Å². The van der Waals surface area contributed by atoms with Crippen molar-refractivity contribution in [3.8, 4) is 0 Å². The van der Waals surface area contributed by atoms with E-state index in [-0.39, 0.29) is 18.2 Å². The molecule has 1 aliphatic carbocycles. The van der Waals surface area contributed by atoms with Gasteiger partial charge in [-0.25, -0.2) is 19.3 Å². The van der Waals surface area contributed by atoms with E-state index in [9.17, 15) is 4.79 Å². The number of nitrogens with one attached hydrogen (secondary N) is 3. The Morgan fingerprint density at radius 1 is 1.15 bits per heavy atom. The summed E-state index contributed by atoms with van der Waals surface area (Å²) in [7, 11) is 1.76. The highest BCUT2D eigenvalue weighted by Crippen LogP contribution is 2.28. The molecule has 33 heavy (non-hydrogen) atoms. The molecule has 0 radical (unpaired) electrons. The number of amides is 1. The fourth-order valence-corrected chi connectivity index (χ4v) is 4.33. The predicted molar refractivity (Wildman–Crippen MR) is 121 cm³/mol. The molecule has 12 heteroatoms. The third-order valence-corrected chi connectivity index (χ3v) is 6.28. The number of hydrogen-bond acceptors (Lipinski definition) is 10. The van der Waals surface area contributed by atoms with Crippen LogP contribution in [0, 0.1) is 0 Å². The third-order valence-electron chi connectivity index (χ3n) is 6.28. The molecule has 172 valence electrons. The van der Waals surface area contributed by atoms with Crippen LogP contribution in [0.1, 0.15) is 18.4 Å². The quantitative estimate of drug-likeness (QED) is 0.526. The van der Waals surface area contributed by atoms with Gasteiger partial charge in [0.2, 0.25) is 5.95 Å². The molecule has 12 nitrogen and oxygen atoms in total. The van der Waals surface area contributed by atoms with Crippen molar-refractivity contribution < 1.29 is 14.3 Å². The molecule has 3 aliphatic rings. The van der Waals surface area contributed by atoms with Crippen molar-refractivity contribution in [1.82, 2.24) is 29.8 Å². The molecule has 2 fully saturated rings. The Morgan fingerprint density at radius 3 is 2.82 bits per heavy atom. The van der Waals surface area contributed by atoms with Gasteiger partial charge >= 0.3 is 6.03 Å². The summed E-state index contributed by atoms with van der Waals surface area (Å²) in [6.45, 7) is 3.31. The second-order valence-corrected chi connectivity index (χ2v) is 8.36. The van der Waals surface area contributed by atoms with Gasteiger partial charge in [0.1, 0.15) is 18.0 Å². The molecule has 5 heterocycles. The summed E-state index contributed by atoms with van der Waals surface area (Å²) in [5.41, 5.74) is 1.91. The van der Waals surface area contributed by atoms with Crippen LogP contribution in [0.3, 0.4) is 0 Å². The van der Waals surface area contributed by atoms with Crippen molar-refractivity contribution in [1.29, 1.82) is 0 Å². The predicted octanol–water partition coefficient (Wildman–Crippen LogP) is 1.46. The molecular formula is C21H25N9O3. The highest BCUT2D eigenvalue weighted by molar-refractivity contribution is 5.92. The van der Waals surface area contributed by atoms with Gasteiger partial charge in [-0.3, -0.25) is 0 Å². The Labute approximate surface area is 189 Å². The largest absolute Gasteiger partial charge is 0.378 e. The minimum atomic E-state index is -0.286. The van der Waals surface area contributed by atoms with Crippen LogP contribution in [0.5, 0.6) is 0 Å². The molecule has 2 aliphatic heterocycles. The number of anilines is 4. The smallest absolute Gasteiger partial charge is 0.328 e. The molecule has 3 aromatic rings. The first-order chi connectivity index (χ1) is 16.2. The van der Waals surface area contributed by atoms with Crippen molar-refractivity contribution in [3.05, 3.63) is 24.0 Å². The van der Waals surface area contributed by atoms with Crippen LogP contribution in [-0.4, -0.2) is 76.0 Å². The maximum absolute atomic E-state index is 13.0. The Balaban J connectivity index is 1.45. The molecule has 4 bridgehead atoms. The van der Waals surface area contributed by atoms with Crippen molar-refractivity contribution in [2.24, 2.45) is 0 Å². The van der Waals surface area contributed by atoms with Gasteiger partial charge in [0.05, 0.1) is 32.0 Å². The van der Waals surface area contributed by atoms with E-state index in [1.165, 1.54) is 10.9 Å². The highest BCUT2D eigenvalue weighted by Gasteiger charge is 2.34. The summed E-state index contributed by atoms with van der Waals surface area (Å²) in [5.74, 6) is 2.30. The van der Waals surface area contributed by atoms with E-state index < -0.39 is 0 Å². The van der Waals surface area contributed by atoms with Crippen LogP contribution in [0.25, 0.3) is 11.2 Å². The summed E-state index contributed by atoms with van der Waals surface area (Å²) in [6, 6.07) is 3.66. The van der Waals surface area contributed by atoms with Crippen LogP contribution >= 0.6 is 0 Å². The van der Waals surface area contributed by atoms with Gasteiger partial charge in [-0.1, -0.05) is 0 Å². The Morgan fingerprint density at radius 2 is 2.03 bits per heavy atom. The molecular weight excluding hydrogens is 426 g/mol. The summed E-state index contributed by atoms with van der Waals surface area (Å²) in [5, 5.41) is 9.31. The van der Waals surface area contributed by atoms with E-state index in [0.717, 1.165) is 37.3 Å². The first kappa shape index (κ1) is 20.1. The Hall–Kier alpha value is -3.51. The second-order valence-electron chi connectivity index (χ2n) is 8.36. The topological polar surface area (TPSA) is 131 Å². The maximum atomic E-state index is 13.0. The normalized spacial score (nSPS) is 22.7. The van der Waals surface area contributed by atoms with E-state index >= 15 is 0 Å². The number of pyridine rings is 1. The molecule has 0 aromatic carbocycles. The number of ether oxygens (including phenoxy) is 2. The van der Waals surface area contributed by atoms with Crippen LogP contribution in [0.15, 0.2) is 18.5 Å². The lowest BCUT2D eigenvalue weighted by Crippen LogP contribution is -2.52. The van der Waals surface area contributed by atoms with Crippen LogP contribution in [-0.2, 0) is 16.1 Å². The molecule has 2 atom stereocenters. The average Bonchev–Trinajstić information content (AvgIpc) is 3.25. The van der Waals surface area contributed by atoms with Crippen LogP contribution in [0.2, 0.25) is 0 Å². The van der Waals surface area contributed by atoms with E-state index in [1.807, 2.05) is 12.1 Å². The fourth-order valence-electron chi connectivity index (χ4n) is 4.33. The maximum Gasteiger partial charge on any atom is 0.328 e. The van der Waals surface area contributed by atoms with E-state index in [0.29, 0.717) is 48.6 Å². The molecule has 0 unspecified atom stereocenters.